The zero-order valence-corrected chi connectivity index (χ0v) is 9.55. The van der Waals surface area contributed by atoms with Crippen LogP contribution in [0.3, 0.4) is 0 Å². The van der Waals surface area contributed by atoms with E-state index in [-0.39, 0.29) is 23.6 Å². The summed E-state index contributed by atoms with van der Waals surface area (Å²) < 4.78 is 31.4. The highest BCUT2D eigenvalue weighted by Crippen LogP contribution is 2.19. The summed E-state index contributed by atoms with van der Waals surface area (Å²) >= 11 is 0. The molecule has 2 rings (SSSR count). The van der Waals surface area contributed by atoms with E-state index >= 15 is 0 Å². The molecule has 0 spiro atoms. The first-order valence-corrected chi connectivity index (χ1v) is 5.23. The number of halogens is 2. The molecule has 0 saturated carbocycles. The average Bonchev–Trinajstić information content (AvgIpc) is 2.37. The van der Waals surface area contributed by atoms with Gasteiger partial charge in [0.1, 0.15) is 12.4 Å². The average molecular weight is 266 g/mol. The third-order valence-corrected chi connectivity index (χ3v) is 2.27. The van der Waals surface area contributed by atoms with Gasteiger partial charge in [0, 0.05) is 12.3 Å². The maximum atomic E-state index is 13.2. The van der Waals surface area contributed by atoms with E-state index in [1.54, 1.807) is 0 Å². The van der Waals surface area contributed by atoms with Crippen LogP contribution in [0.25, 0.3) is 0 Å². The molecule has 0 amide bonds. The fourth-order valence-corrected chi connectivity index (χ4v) is 1.46. The first kappa shape index (κ1) is 12.9. The first-order chi connectivity index (χ1) is 9.06. The van der Waals surface area contributed by atoms with Gasteiger partial charge in [-0.15, -0.1) is 0 Å². The van der Waals surface area contributed by atoms with Crippen molar-refractivity contribution in [1.82, 2.24) is 4.98 Å². The van der Waals surface area contributed by atoms with Crippen molar-refractivity contribution < 1.29 is 18.4 Å². The van der Waals surface area contributed by atoms with E-state index in [0.29, 0.717) is 0 Å². The van der Waals surface area contributed by atoms with Crippen LogP contribution in [0, 0.1) is 21.9 Å². The highest BCUT2D eigenvalue weighted by atomic mass is 19.1. The Hall–Kier alpha value is -2.57. The zero-order valence-electron chi connectivity index (χ0n) is 9.55. The van der Waals surface area contributed by atoms with Crippen molar-refractivity contribution >= 4 is 5.69 Å². The number of benzene rings is 1. The molecule has 0 saturated heterocycles. The molecule has 0 aliphatic carbocycles. The molecular formula is C12H8F2N2O3. The molecule has 0 N–H and O–H groups in total. The van der Waals surface area contributed by atoms with E-state index in [4.69, 9.17) is 4.74 Å². The number of non-ortho nitro benzene ring substituents is 1. The van der Waals surface area contributed by atoms with Gasteiger partial charge in [-0.25, -0.2) is 9.37 Å². The molecule has 0 radical (unpaired) electrons. The lowest BCUT2D eigenvalue weighted by molar-refractivity contribution is -0.385. The fraction of sp³-hybridized carbons (Fsp3) is 0.0833. The molecule has 0 aliphatic heterocycles. The second kappa shape index (κ2) is 5.38. The van der Waals surface area contributed by atoms with Crippen molar-refractivity contribution in [3.63, 3.8) is 0 Å². The van der Waals surface area contributed by atoms with Crippen LogP contribution >= 0.6 is 0 Å². The van der Waals surface area contributed by atoms with Crippen molar-refractivity contribution in [1.29, 1.82) is 0 Å². The van der Waals surface area contributed by atoms with Crippen molar-refractivity contribution in [3.05, 3.63) is 64.0 Å². The van der Waals surface area contributed by atoms with Crippen molar-refractivity contribution in [3.8, 4) is 5.75 Å². The van der Waals surface area contributed by atoms with Gasteiger partial charge >= 0.3 is 0 Å². The molecule has 1 aromatic heterocycles. The zero-order chi connectivity index (χ0) is 13.8. The number of hydrogen-bond donors (Lipinski definition) is 0. The minimum atomic E-state index is -0.798. The van der Waals surface area contributed by atoms with Crippen LogP contribution in [-0.2, 0) is 6.61 Å². The van der Waals surface area contributed by atoms with Crippen LogP contribution in [0.1, 0.15) is 5.56 Å². The van der Waals surface area contributed by atoms with Crippen LogP contribution in [0.2, 0.25) is 0 Å². The number of nitro groups is 1. The van der Waals surface area contributed by atoms with Gasteiger partial charge in [0.05, 0.1) is 11.0 Å². The Morgan fingerprint density at radius 3 is 2.79 bits per heavy atom. The maximum absolute atomic E-state index is 13.2. The predicted molar refractivity (Wildman–Crippen MR) is 61.6 cm³/mol. The van der Waals surface area contributed by atoms with Crippen LogP contribution in [0.5, 0.6) is 5.75 Å². The number of rotatable bonds is 4. The molecule has 5 nitrogen and oxygen atoms in total. The minimum Gasteiger partial charge on any atom is -0.484 e. The number of hydrogen-bond acceptors (Lipinski definition) is 4. The van der Waals surface area contributed by atoms with Gasteiger partial charge in [-0.1, -0.05) is 0 Å². The van der Waals surface area contributed by atoms with Gasteiger partial charge in [-0.05, 0) is 23.8 Å². The highest BCUT2D eigenvalue weighted by Gasteiger charge is 2.11. The standard InChI is InChI=1S/C12H8F2N2O3/c13-9-4-8(5-10(6-9)16(17)18)7-19-11-2-1-3-15-12(11)14/h1-6H,7H2. The molecule has 0 aliphatic rings. The van der Waals surface area contributed by atoms with E-state index in [1.807, 2.05) is 0 Å². The van der Waals surface area contributed by atoms with Crippen LogP contribution < -0.4 is 4.74 Å². The normalized spacial score (nSPS) is 10.2. The van der Waals surface area contributed by atoms with Crippen molar-refractivity contribution in [2.75, 3.05) is 0 Å². The van der Waals surface area contributed by atoms with E-state index in [9.17, 15) is 18.9 Å². The number of nitrogens with zero attached hydrogens (tertiary/aromatic N) is 2. The summed E-state index contributed by atoms with van der Waals surface area (Å²) in [5.74, 6) is -1.65. The number of ether oxygens (including phenoxy) is 1. The molecule has 19 heavy (non-hydrogen) atoms. The fourth-order valence-electron chi connectivity index (χ4n) is 1.46. The Labute approximate surface area is 106 Å². The summed E-state index contributed by atoms with van der Waals surface area (Å²) in [6.07, 6.45) is 1.26. The number of pyridine rings is 1. The Kier molecular flexibility index (Phi) is 3.65. The summed E-state index contributed by atoms with van der Waals surface area (Å²) in [5.41, 5.74) is -0.153. The summed E-state index contributed by atoms with van der Waals surface area (Å²) in [7, 11) is 0. The molecule has 1 heterocycles. The lowest BCUT2D eigenvalue weighted by Crippen LogP contribution is -2.00. The summed E-state index contributed by atoms with van der Waals surface area (Å²) in [5, 5.41) is 10.6. The SMILES string of the molecule is O=[N+]([O-])c1cc(F)cc(COc2cccnc2F)c1. The van der Waals surface area contributed by atoms with E-state index in [2.05, 4.69) is 4.98 Å². The smallest absolute Gasteiger partial charge is 0.272 e. The molecule has 1 aromatic carbocycles. The van der Waals surface area contributed by atoms with Crippen molar-refractivity contribution in [2.24, 2.45) is 0 Å². The van der Waals surface area contributed by atoms with Gasteiger partial charge in [0.2, 0.25) is 0 Å². The van der Waals surface area contributed by atoms with E-state index in [0.717, 1.165) is 18.2 Å². The molecule has 0 atom stereocenters. The topological polar surface area (TPSA) is 65.3 Å². The quantitative estimate of drug-likeness (QED) is 0.485. The largest absolute Gasteiger partial charge is 0.484 e. The second-order valence-electron chi connectivity index (χ2n) is 3.66. The predicted octanol–water partition coefficient (Wildman–Crippen LogP) is 2.85. The van der Waals surface area contributed by atoms with Gasteiger partial charge in [-0.2, -0.15) is 4.39 Å². The maximum Gasteiger partial charge on any atom is 0.272 e. The molecule has 98 valence electrons. The lowest BCUT2D eigenvalue weighted by Gasteiger charge is -2.06. The highest BCUT2D eigenvalue weighted by molar-refractivity contribution is 5.35. The Bertz CT molecular complexity index is 620. The summed E-state index contributed by atoms with van der Waals surface area (Å²) in [6.45, 7) is -0.193. The monoisotopic (exact) mass is 266 g/mol. The van der Waals surface area contributed by atoms with Gasteiger partial charge in [0.25, 0.3) is 11.6 Å². The van der Waals surface area contributed by atoms with Gasteiger partial charge in [0.15, 0.2) is 5.75 Å². The lowest BCUT2D eigenvalue weighted by atomic mass is 10.2. The van der Waals surface area contributed by atoms with Gasteiger partial charge in [-0.3, -0.25) is 10.1 Å². The Morgan fingerprint density at radius 1 is 1.32 bits per heavy atom. The van der Waals surface area contributed by atoms with Crippen LogP contribution in [0.15, 0.2) is 36.5 Å². The molecule has 0 fully saturated rings. The third kappa shape index (κ3) is 3.21. The Balaban J connectivity index is 2.16. The number of aromatic nitrogens is 1. The molecule has 0 bridgehead atoms. The summed E-state index contributed by atoms with van der Waals surface area (Å²) in [4.78, 5) is 13.2. The van der Waals surface area contributed by atoms with Gasteiger partial charge < -0.3 is 4.74 Å². The van der Waals surface area contributed by atoms with Crippen LogP contribution in [-0.4, -0.2) is 9.91 Å². The van der Waals surface area contributed by atoms with Crippen LogP contribution in [0.4, 0.5) is 14.5 Å². The molecule has 2 aromatic rings. The molecule has 0 unspecified atom stereocenters. The summed E-state index contributed by atoms with van der Waals surface area (Å²) in [6, 6.07) is 5.88. The minimum absolute atomic E-state index is 0.102. The Morgan fingerprint density at radius 2 is 2.11 bits per heavy atom. The second-order valence-corrected chi connectivity index (χ2v) is 3.66. The molecule has 7 heteroatoms. The first-order valence-electron chi connectivity index (χ1n) is 5.23. The van der Waals surface area contributed by atoms with Crippen molar-refractivity contribution in [2.45, 2.75) is 6.61 Å². The number of nitro benzene ring substituents is 1. The van der Waals surface area contributed by atoms with E-state index in [1.165, 1.54) is 18.3 Å². The third-order valence-electron chi connectivity index (χ3n) is 2.27. The molecular weight excluding hydrogens is 258 g/mol. The van der Waals surface area contributed by atoms with E-state index < -0.39 is 16.7 Å².